The minimum Gasteiger partial charge on any atom is -0.451 e. The first-order valence-corrected chi connectivity index (χ1v) is 6.70. The molecule has 0 aliphatic rings. The van der Waals surface area contributed by atoms with Gasteiger partial charge in [0.1, 0.15) is 10.6 Å². The van der Waals surface area contributed by atoms with Crippen LogP contribution in [0.5, 0.6) is 0 Å². The number of nitrogens with one attached hydrogen (secondary N) is 1. The van der Waals surface area contributed by atoms with Crippen molar-refractivity contribution < 1.29 is 14.0 Å². The third kappa shape index (κ3) is 2.17. The Balaban J connectivity index is 1.89. The zero-order valence-electron chi connectivity index (χ0n) is 10.3. The lowest BCUT2D eigenvalue weighted by Gasteiger charge is -2.01. The first-order chi connectivity index (χ1) is 9.65. The minimum absolute atomic E-state index is 0.190. The normalized spacial score (nSPS) is 10.6. The van der Waals surface area contributed by atoms with E-state index in [0.29, 0.717) is 16.1 Å². The number of primary amides is 1. The highest BCUT2D eigenvalue weighted by Crippen LogP contribution is 2.25. The molecule has 5 nitrogen and oxygen atoms in total. The van der Waals surface area contributed by atoms with Gasteiger partial charge < -0.3 is 15.5 Å². The first-order valence-electron chi connectivity index (χ1n) is 5.82. The molecular formula is C14H10N2O3S. The maximum atomic E-state index is 12.1. The van der Waals surface area contributed by atoms with Crippen molar-refractivity contribution in [1.29, 1.82) is 0 Å². The highest BCUT2D eigenvalue weighted by Gasteiger charge is 2.16. The molecule has 3 rings (SSSR count). The predicted molar refractivity (Wildman–Crippen MR) is 77.0 cm³/mol. The summed E-state index contributed by atoms with van der Waals surface area (Å²) in [5.41, 5.74) is 6.16. The van der Waals surface area contributed by atoms with E-state index in [0.717, 1.165) is 5.39 Å². The van der Waals surface area contributed by atoms with Crippen LogP contribution in [0, 0.1) is 0 Å². The van der Waals surface area contributed by atoms with Gasteiger partial charge in [0, 0.05) is 5.39 Å². The molecule has 6 heteroatoms. The van der Waals surface area contributed by atoms with Crippen molar-refractivity contribution in [3.8, 4) is 0 Å². The zero-order valence-corrected chi connectivity index (χ0v) is 11.1. The van der Waals surface area contributed by atoms with Crippen LogP contribution >= 0.6 is 11.3 Å². The maximum Gasteiger partial charge on any atom is 0.292 e. The average Bonchev–Trinajstić information content (AvgIpc) is 3.03. The summed E-state index contributed by atoms with van der Waals surface area (Å²) in [4.78, 5) is 23.3. The molecule has 0 fully saturated rings. The number of anilines is 1. The molecule has 0 radical (unpaired) electrons. The number of furan rings is 1. The summed E-state index contributed by atoms with van der Waals surface area (Å²) in [7, 11) is 0. The molecule has 100 valence electrons. The molecule has 2 amide bonds. The molecule has 2 heterocycles. The largest absolute Gasteiger partial charge is 0.451 e. The van der Waals surface area contributed by atoms with E-state index in [1.54, 1.807) is 23.6 Å². The number of hydrogen-bond donors (Lipinski definition) is 2. The lowest BCUT2D eigenvalue weighted by atomic mass is 10.2. The van der Waals surface area contributed by atoms with Crippen molar-refractivity contribution >= 4 is 39.1 Å². The Kier molecular flexibility index (Phi) is 3.00. The Morgan fingerprint density at radius 1 is 1.20 bits per heavy atom. The Hall–Kier alpha value is -2.60. The van der Waals surface area contributed by atoms with Crippen LogP contribution in [0.1, 0.15) is 20.9 Å². The fourth-order valence-electron chi connectivity index (χ4n) is 1.86. The van der Waals surface area contributed by atoms with Crippen LogP contribution < -0.4 is 11.1 Å². The summed E-state index contributed by atoms with van der Waals surface area (Å²) >= 11 is 1.23. The van der Waals surface area contributed by atoms with E-state index in [-0.39, 0.29) is 5.76 Å². The number of nitrogens with two attached hydrogens (primary N) is 1. The van der Waals surface area contributed by atoms with Gasteiger partial charge in [0.15, 0.2) is 5.76 Å². The van der Waals surface area contributed by atoms with Crippen LogP contribution in [0.4, 0.5) is 5.00 Å². The predicted octanol–water partition coefficient (Wildman–Crippen LogP) is 2.85. The van der Waals surface area contributed by atoms with Gasteiger partial charge in [-0.1, -0.05) is 18.2 Å². The van der Waals surface area contributed by atoms with Gasteiger partial charge in [0.25, 0.3) is 11.8 Å². The molecular weight excluding hydrogens is 276 g/mol. The third-order valence-electron chi connectivity index (χ3n) is 2.81. The van der Waals surface area contributed by atoms with Crippen molar-refractivity contribution in [2.24, 2.45) is 5.73 Å². The summed E-state index contributed by atoms with van der Waals surface area (Å²) < 4.78 is 5.46. The Morgan fingerprint density at radius 2 is 2.00 bits per heavy atom. The van der Waals surface area contributed by atoms with Crippen LogP contribution in [-0.4, -0.2) is 11.8 Å². The lowest BCUT2D eigenvalue weighted by molar-refractivity contribution is 0.0999. The second-order valence-corrected chi connectivity index (χ2v) is 5.05. The molecule has 0 bridgehead atoms. The van der Waals surface area contributed by atoms with Crippen LogP contribution in [-0.2, 0) is 0 Å². The number of carbonyl (C=O) groups excluding carboxylic acids is 2. The van der Waals surface area contributed by atoms with Crippen molar-refractivity contribution in [2.45, 2.75) is 0 Å². The summed E-state index contributed by atoms with van der Waals surface area (Å²) in [6.45, 7) is 0. The van der Waals surface area contributed by atoms with Gasteiger partial charge in [-0.2, -0.15) is 0 Å². The van der Waals surface area contributed by atoms with Crippen LogP contribution in [0.15, 0.2) is 46.2 Å². The molecule has 0 spiro atoms. The monoisotopic (exact) mass is 286 g/mol. The van der Waals surface area contributed by atoms with E-state index in [1.807, 2.05) is 18.2 Å². The molecule has 0 saturated heterocycles. The third-order valence-corrected chi connectivity index (χ3v) is 3.64. The summed E-state index contributed by atoms with van der Waals surface area (Å²) in [6.07, 6.45) is 0. The number of thiophene rings is 1. The topological polar surface area (TPSA) is 85.3 Å². The molecule has 0 aliphatic carbocycles. The molecule has 0 unspecified atom stereocenters. The number of amides is 2. The molecule has 2 aromatic heterocycles. The quantitative estimate of drug-likeness (QED) is 0.776. The molecule has 0 saturated carbocycles. The summed E-state index contributed by atoms with van der Waals surface area (Å²) in [6, 6.07) is 10.6. The van der Waals surface area contributed by atoms with Crippen molar-refractivity contribution in [3.63, 3.8) is 0 Å². The molecule has 0 atom stereocenters. The second-order valence-electron chi connectivity index (χ2n) is 4.13. The Labute approximate surface area is 118 Å². The van der Waals surface area contributed by atoms with Gasteiger partial charge in [-0.15, -0.1) is 11.3 Å². The van der Waals surface area contributed by atoms with Gasteiger partial charge in [0.05, 0.1) is 5.56 Å². The van der Waals surface area contributed by atoms with Crippen molar-refractivity contribution in [3.05, 3.63) is 53.1 Å². The number of carbonyl (C=O) groups is 2. The molecule has 3 N–H and O–H groups in total. The number of para-hydroxylation sites is 1. The van der Waals surface area contributed by atoms with Gasteiger partial charge in [-0.25, -0.2) is 0 Å². The van der Waals surface area contributed by atoms with E-state index in [4.69, 9.17) is 10.2 Å². The molecule has 3 aromatic rings. The standard InChI is InChI=1S/C14H10N2O3S/c15-12(17)9-5-6-20-14(9)16-13(18)11-7-8-3-1-2-4-10(8)19-11/h1-7H,(H2,15,17)(H,16,18). The zero-order chi connectivity index (χ0) is 14.1. The molecule has 20 heavy (non-hydrogen) atoms. The number of rotatable bonds is 3. The lowest BCUT2D eigenvalue weighted by Crippen LogP contribution is -2.16. The van der Waals surface area contributed by atoms with E-state index in [9.17, 15) is 9.59 Å². The highest BCUT2D eigenvalue weighted by atomic mass is 32.1. The molecule has 0 aliphatic heterocycles. The van der Waals surface area contributed by atoms with Crippen LogP contribution in [0.3, 0.4) is 0 Å². The first kappa shape index (κ1) is 12.4. The SMILES string of the molecule is NC(=O)c1ccsc1NC(=O)c1cc2ccccc2o1. The smallest absolute Gasteiger partial charge is 0.292 e. The van der Waals surface area contributed by atoms with Gasteiger partial charge in [-0.05, 0) is 23.6 Å². The van der Waals surface area contributed by atoms with Gasteiger partial charge in [-0.3, -0.25) is 9.59 Å². The van der Waals surface area contributed by atoms with E-state index in [1.165, 1.54) is 11.3 Å². The summed E-state index contributed by atoms with van der Waals surface area (Å²) in [5, 5.41) is 5.59. The van der Waals surface area contributed by atoms with Crippen molar-refractivity contribution in [1.82, 2.24) is 0 Å². The fourth-order valence-corrected chi connectivity index (χ4v) is 2.65. The Morgan fingerprint density at radius 3 is 2.75 bits per heavy atom. The van der Waals surface area contributed by atoms with Gasteiger partial charge >= 0.3 is 0 Å². The van der Waals surface area contributed by atoms with E-state index >= 15 is 0 Å². The fraction of sp³-hybridized carbons (Fsp3) is 0. The Bertz CT molecular complexity index is 770. The number of benzene rings is 1. The minimum atomic E-state index is -0.578. The van der Waals surface area contributed by atoms with Crippen LogP contribution in [0.25, 0.3) is 11.0 Å². The number of fused-ring (bicyclic) bond motifs is 1. The van der Waals surface area contributed by atoms with E-state index < -0.39 is 11.8 Å². The van der Waals surface area contributed by atoms with Gasteiger partial charge in [0.2, 0.25) is 0 Å². The second kappa shape index (κ2) is 4.82. The highest BCUT2D eigenvalue weighted by molar-refractivity contribution is 7.14. The van der Waals surface area contributed by atoms with Crippen LogP contribution in [0.2, 0.25) is 0 Å². The molecule has 1 aromatic carbocycles. The van der Waals surface area contributed by atoms with Crippen molar-refractivity contribution in [2.75, 3.05) is 5.32 Å². The number of hydrogen-bond acceptors (Lipinski definition) is 4. The van der Waals surface area contributed by atoms with E-state index in [2.05, 4.69) is 5.32 Å². The average molecular weight is 286 g/mol. The summed E-state index contributed by atoms with van der Waals surface area (Å²) in [5.74, 6) is -0.799. The maximum absolute atomic E-state index is 12.1.